The number of anilines is 1. The maximum Gasteiger partial charge on any atom is 0.262 e. The number of aryl methyl sites for hydroxylation is 1. The van der Waals surface area contributed by atoms with E-state index in [9.17, 15) is 0 Å². The van der Waals surface area contributed by atoms with Gasteiger partial charge in [0.25, 0.3) is 5.01 Å². The van der Waals surface area contributed by atoms with E-state index in [4.69, 9.17) is 0 Å². The Balaban J connectivity index is 1.57. The predicted octanol–water partition coefficient (Wildman–Crippen LogP) is 5.69. The van der Waals surface area contributed by atoms with Crippen molar-refractivity contribution >= 4 is 50.7 Å². The Kier molecular flexibility index (Phi) is 4.62. The smallest absolute Gasteiger partial charge is 0.262 e. The fourth-order valence-electron chi connectivity index (χ4n) is 2.94. The van der Waals surface area contributed by atoms with Crippen LogP contribution in [0.2, 0.25) is 0 Å². The van der Waals surface area contributed by atoms with Gasteiger partial charge in [-0.1, -0.05) is 35.6 Å². The lowest BCUT2D eigenvalue weighted by Gasteiger charge is -2.12. The Labute approximate surface area is 162 Å². The topological polar surface area (TPSA) is 7.12 Å². The number of hydrogen-bond acceptors (Lipinski definition) is 3. The summed E-state index contributed by atoms with van der Waals surface area (Å²) in [6.45, 7) is 0. The lowest BCUT2D eigenvalue weighted by Crippen LogP contribution is -2.28. The molecule has 0 aliphatic heterocycles. The lowest BCUT2D eigenvalue weighted by atomic mass is 10.1. The minimum absolute atomic E-state index is 1.22. The van der Waals surface area contributed by atoms with Crippen molar-refractivity contribution < 1.29 is 4.57 Å². The first-order valence-corrected chi connectivity index (χ1v) is 10.2. The molecule has 2 aromatic heterocycles. The summed E-state index contributed by atoms with van der Waals surface area (Å²) in [5.74, 6) is 0. The van der Waals surface area contributed by atoms with Crippen LogP contribution in [0, 0.1) is 0 Å². The van der Waals surface area contributed by atoms with Crippen LogP contribution >= 0.6 is 22.7 Å². The van der Waals surface area contributed by atoms with Crippen molar-refractivity contribution in [3.8, 4) is 10.4 Å². The number of fused-ring (bicyclic) bond motifs is 1. The monoisotopic (exact) mass is 377 g/mol. The maximum atomic E-state index is 2.25. The summed E-state index contributed by atoms with van der Waals surface area (Å²) >= 11 is 3.65. The van der Waals surface area contributed by atoms with Crippen LogP contribution in [0.4, 0.5) is 5.69 Å². The van der Waals surface area contributed by atoms with Crippen molar-refractivity contribution in [1.82, 2.24) is 0 Å². The van der Waals surface area contributed by atoms with Gasteiger partial charge >= 0.3 is 0 Å². The second-order valence-corrected chi connectivity index (χ2v) is 8.62. The van der Waals surface area contributed by atoms with E-state index in [1.807, 2.05) is 22.7 Å². The molecule has 0 bridgehead atoms. The fraction of sp³-hybridized carbons (Fsp3) is 0.136. The van der Waals surface area contributed by atoms with Crippen molar-refractivity contribution in [3.05, 3.63) is 70.5 Å². The molecule has 0 spiro atoms. The Hall–Kier alpha value is -2.43. The number of aromatic nitrogens is 1. The summed E-state index contributed by atoms with van der Waals surface area (Å²) in [6.07, 6.45) is 4.43. The van der Waals surface area contributed by atoms with Gasteiger partial charge in [-0.25, -0.2) is 0 Å². The molecular formula is C22H21N2S2+. The molecule has 0 amide bonds. The first-order chi connectivity index (χ1) is 12.6. The average Bonchev–Trinajstić information content (AvgIpc) is 3.25. The van der Waals surface area contributed by atoms with Gasteiger partial charge in [0.2, 0.25) is 5.52 Å². The van der Waals surface area contributed by atoms with Crippen LogP contribution < -0.4 is 9.47 Å². The van der Waals surface area contributed by atoms with Gasteiger partial charge in [-0.05, 0) is 42.0 Å². The van der Waals surface area contributed by atoms with E-state index in [0.29, 0.717) is 0 Å². The number of para-hydroxylation sites is 1. The summed E-state index contributed by atoms with van der Waals surface area (Å²) in [4.78, 5) is 4.70. The molecule has 2 aromatic carbocycles. The molecule has 2 heterocycles. The quantitative estimate of drug-likeness (QED) is 0.414. The third-order valence-electron chi connectivity index (χ3n) is 4.46. The summed E-state index contributed by atoms with van der Waals surface area (Å²) in [7, 11) is 6.26. The molecule has 4 aromatic rings. The van der Waals surface area contributed by atoms with Gasteiger partial charge in [-0.15, -0.1) is 11.3 Å². The van der Waals surface area contributed by atoms with E-state index >= 15 is 0 Å². The second kappa shape index (κ2) is 7.06. The van der Waals surface area contributed by atoms with E-state index in [1.54, 1.807) is 0 Å². The summed E-state index contributed by atoms with van der Waals surface area (Å²) in [5.41, 5.74) is 3.78. The number of hydrogen-bond donors (Lipinski definition) is 0. The van der Waals surface area contributed by atoms with Gasteiger partial charge in [0.05, 0.1) is 0 Å². The van der Waals surface area contributed by atoms with Gasteiger partial charge in [0.1, 0.15) is 11.7 Å². The number of nitrogens with zero attached hydrogens (tertiary/aromatic N) is 2. The molecule has 4 heteroatoms. The van der Waals surface area contributed by atoms with E-state index in [-0.39, 0.29) is 0 Å². The molecule has 0 unspecified atom stereocenters. The predicted molar refractivity (Wildman–Crippen MR) is 116 cm³/mol. The third kappa shape index (κ3) is 3.30. The second-order valence-electron chi connectivity index (χ2n) is 6.44. The molecule has 4 rings (SSSR count). The van der Waals surface area contributed by atoms with E-state index in [0.717, 1.165) is 0 Å². The number of rotatable bonds is 4. The average molecular weight is 378 g/mol. The van der Waals surface area contributed by atoms with Crippen LogP contribution in [0.25, 0.3) is 32.8 Å². The number of thiophene rings is 1. The summed E-state index contributed by atoms with van der Waals surface area (Å²) in [5, 5.41) is 1.26. The normalized spacial score (nSPS) is 11.5. The van der Waals surface area contributed by atoms with Gasteiger partial charge in [-0.3, -0.25) is 0 Å². The van der Waals surface area contributed by atoms with Crippen LogP contribution in [0.3, 0.4) is 0 Å². The SMILES string of the molecule is CN(C)c1ccc(-c2ccc(/C=C/c3sc4ccccc4[n+]3C)s2)cc1. The number of thiazole rings is 1. The molecule has 0 aliphatic rings. The highest BCUT2D eigenvalue weighted by atomic mass is 32.1. The van der Waals surface area contributed by atoms with E-state index < -0.39 is 0 Å². The van der Waals surface area contributed by atoms with Gasteiger partial charge in [0, 0.05) is 41.7 Å². The zero-order valence-electron chi connectivity index (χ0n) is 15.1. The molecule has 0 saturated heterocycles. The molecule has 130 valence electrons. The van der Waals surface area contributed by atoms with Crippen molar-refractivity contribution in [1.29, 1.82) is 0 Å². The zero-order valence-corrected chi connectivity index (χ0v) is 16.8. The Morgan fingerprint density at radius 1 is 0.846 bits per heavy atom. The minimum atomic E-state index is 1.22. The molecule has 0 saturated carbocycles. The summed E-state index contributed by atoms with van der Waals surface area (Å²) in [6, 6.07) is 21.7. The first kappa shape index (κ1) is 17.0. The largest absolute Gasteiger partial charge is 0.378 e. The van der Waals surface area contributed by atoms with Crippen LogP contribution in [0.5, 0.6) is 0 Å². The molecule has 0 aliphatic carbocycles. The van der Waals surface area contributed by atoms with Crippen LogP contribution in [-0.4, -0.2) is 14.1 Å². The Morgan fingerprint density at radius 3 is 2.35 bits per heavy atom. The van der Waals surface area contributed by atoms with E-state index in [2.05, 4.69) is 103 Å². The van der Waals surface area contributed by atoms with Crippen molar-refractivity contribution in [2.45, 2.75) is 0 Å². The highest BCUT2D eigenvalue weighted by molar-refractivity contribution is 7.19. The molecule has 0 radical (unpaired) electrons. The fourth-order valence-corrected chi connectivity index (χ4v) is 4.91. The first-order valence-electron chi connectivity index (χ1n) is 8.55. The maximum absolute atomic E-state index is 2.25. The number of benzene rings is 2. The molecule has 0 fully saturated rings. The van der Waals surface area contributed by atoms with E-state index in [1.165, 1.54) is 36.2 Å². The summed E-state index contributed by atoms with van der Waals surface area (Å²) < 4.78 is 3.58. The Morgan fingerprint density at radius 2 is 1.62 bits per heavy atom. The van der Waals surface area contributed by atoms with Crippen LogP contribution in [0.1, 0.15) is 9.88 Å². The van der Waals surface area contributed by atoms with Crippen molar-refractivity contribution in [2.75, 3.05) is 19.0 Å². The standard InChI is InChI=1S/C22H21N2S2/c1-23(2)17-10-8-16(9-11-17)20-14-12-18(25-20)13-15-22-24(3)19-6-4-5-7-21(19)26-22/h4-15H,1-3H3/q+1. The highest BCUT2D eigenvalue weighted by Crippen LogP contribution is 2.30. The lowest BCUT2D eigenvalue weighted by molar-refractivity contribution is -0.642. The molecule has 26 heavy (non-hydrogen) atoms. The van der Waals surface area contributed by atoms with Gasteiger partial charge in [-0.2, -0.15) is 4.57 Å². The zero-order chi connectivity index (χ0) is 18.1. The molecule has 0 N–H and O–H groups in total. The van der Waals surface area contributed by atoms with Gasteiger partial charge in [0.15, 0.2) is 0 Å². The molecular weight excluding hydrogens is 356 g/mol. The third-order valence-corrected chi connectivity index (χ3v) is 6.74. The van der Waals surface area contributed by atoms with Crippen LogP contribution in [-0.2, 0) is 7.05 Å². The minimum Gasteiger partial charge on any atom is -0.378 e. The molecule has 2 nitrogen and oxygen atoms in total. The van der Waals surface area contributed by atoms with Crippen molar-refractivity contribution in [2.24, 2.45) is 7.05 Å². The highest BCUT2D eigenvalue weighted by Gasteiger charge is 2.13. The van der Waals surface area contributed by atoms with Crippen molar-refractivity contribution in [3.63, 3.8) is 0 Å². The van der Waals surface area contributed by atoms with Gasteiger partial charge < -0.3 is 4.90 Å². The Bertz CT molecular complexity index is 1070. The van der Waals surface area contributed by atoms with Crippen LogP contribution in [0.15, 0.2) is 60.7 Å². The molecule has 0 atom stereocenters.